The molecule has 0 amide bonds. The van der Waals surface area contributed by atoms with E-state index in [4.69, 9.17) is 23.1 Å². The van der Waals surface area contributed by atoms with Crippen LogP contribution in [0.25, 0.3) is 0 Å². The van der Waals surface area contributed by atoms with Crippen LogP contribution in [0.2, 0.25) is 39.3 Å². The summed E-state index contributed by atoms with van der Waals surface area (Å²) in [6, 6.07) is 10.4. The fourth-order valence-corrected chi connectivity index (χ4v) is 5.81. The van der Waals surface area contributed by atoms with Crippen LogP contribution in [0.1, 0.15) is 35.6 Å². The van der Waals surface area contributed by atoms with Crippen molar-refractivity contribution in [3.05, 3.63) is 59.7 Å². The summed E-state index contributed by atoms with van der Waals surface area (Å²) >= 11 is 0. The zero-order valence-corrected chi connectivity index (χ0v) is 24.6. The largest absolute Gasteiger partial charge is 0.539 e. The van der Waals surface area contributed by atoms with Gasteiger partial charge in [-0.2, -0.15) is 0 Å². The van der Waals surface area contributed by atoms with Crippen LogP contribution in [-0.4, -0.2) is 38.0 Å². The number of ether oxygens (including phenoxy) is 3. The number of methoxy groups -OCH3 is 3. The van der Waals surface area contributed by atoms with Crippen molar-refractivity contribution in [2.45, 2.75) is 64.6 Å². The van der Waals surface area contributed by atoms with E-state index in [0.29, 0.717) is 17.2 Å². The first-order valence-corrected chi connectivity index (χ1v) is 18.6. The molecule has 0 aliphatic heterocycles. The molecular weight excluding hydrogens is 460 g/mol. The lowest BCUT2D eigenvalue weighted by molar-refractivity contribution is 0.168. The first-order valence-electron chi connectivity index (χ1n) is 11.7. The highest BCUT2D eigenvalue weighted by molar-refractivity contribution is 6.70. The van der Waals surface area contributed by atoms with Crippen LogP contribution in [0, 0.1) is 0 Å². The lowest BCUT2D eigenvalue weighted by Crippen LogP contribution is -2.31. The van der Waals surface area contributed by atoms with Gasteiger partial charge in [0.25, 0.3) is 0 Å². The van der Waals surface area contributed by atoms with E-state index in [2.05, 4.69) is 71.0 Å². The van der Waals surface area contributed by atoms with E-state index < -0.39 is 16.6 Å². The summed E-state index contributed by atoms with van der Waals surface area (Å²) in [6.45, 7) is 19.1. The highest BCUT2D eigenvalue weighted by Gasteiger charge is 2.32. The van der Waals surface area contributed by atoms with E-state index >= 15 is 0 Å². The van der Waals surface area contributed by atoms with Crippen LogP contribution in [-0.2, 0) is 10.8 Å². The molecule has 0 saturated heterocycles. The minimum Gasteiger partial charge on any atom is -0.539 e. The molecule has 188 valence electrons. The van der Waals surface area contributed by atoms with Crippen LogP contribution < -0.4 is 18.6 Å². The topological polar surface area (TPSA) is 46.2 Å². The maximum Gasteiger partial charge on any atom is 0.242 e. The van der Waals surface area contributed by atoms with Gasteiger partial charge in [0, 0.05) is 5.92 Å². The van der Waals surface area contributed by atoms with Crippen molar-refractivity contribution in [3.63, 3.8) is 0 Å². The minimum atomic E-state index is -1.92. The normalized spacial score (nSPS) is 13.7. The fraction of sp³-hybridized carbons (Fsp3) is 0.481. The average Bonchev–Trinajstić information content (AvgIpc) is 2.75. The smallest absolute Gasteiger partial charge is 0.242 e. The molecule has 2 aromatic rings. The second kappa shape index (κ2) is 11.5. The van der Waals surface area contributed by atoms with Gasteiger partial charge in [0.2, 0.25) is 8.32 Å². The molecule has 0 aliphatic carbocycles. The Balaban J connectivity index is 2.64. The second-order valence-electron chi connectivity index (χ2n) is 10.5. The molecule has 2 rings (SSSR count). The van der Waals surface area contributed by atoms with Gasteiger partial charge in [0.05, 0.1) is 27.4 Å². The molecule has 2 atom stereocenters. The third kappa shape index (κ3) is 7.39. The highest BCUT2D eigenvalue weighted by atomic mass is 28.4. The van der Waals surface area contributed by atoms with Crippen LogP contribution in [0.4, 0.5) is 0 Å². The van der Waals surface area contributed by atoms with Gasteiger partial charge in [-0.3, -0.25) is 0 Å². The van der Waals surface area contributed by atoms with Crippen molar-refractivity contribution in [1.82, 2.24) is 0 Å². The zero-order chi connectivity index (χ0) is 25.7. The predicted molar refractivity (Wildman–Crippen MR) is 146 cm³/mol. The van der Waals surface area contributed by atoms with Gasteiger partial charge in [0.1, 0.15) is 5.75 Å². The Hall–Kier alpha value is -2.23. The van der Waals surface area contributed by atoms with Crippen LogP contribution >= 0.6 is 0 Å². The van der Waals surface area contributed by atoms with Crippen molar-refractivity contribution in [3.8, 4) is 23.0 Å². The molecular formula is C27H42O5Si2. The average molecular weight is 503 g/mol. The van der Waals surface area contributed by atoms with Crippen molar-refractivity contribution in [2.24, 2.45) is 0 Å². The Bertz CT molecular complexity index is 951. The summed E-state index contributed by atoms with van der Waals surface area (Å²) in [5.74, 6) is 2.84. The van der Waals surface area contributed by atoms with E-state index in [1.54, 1.807) is 21.3 Å². The fourth-order valence-electron chi connectivity index (χ4n) is 3.90. The molecule has 0 fully saturated rings. The molecule has 0 aromatic heterocycles. The number of benzene rings is 2. The van der Waals surface area contributed by atoms with E-state index in [-0.39, 0.29) is 12.0 Å². The first kappa shape index (κ1) is 28.0. The van der Waals surface area contributed by atoms with Gasteiger partial charge in [0.15, 0.2) is 25.6 Å². The molecule has 2 aromatic carbocycles. The van der Waals surface area contributed by atoms with Crippen LogP contribution in [0.5, 0.6) is 23.0 Å². The number of hydrogen-bond acceptors (Lipinski definition) is 5. The summed E-state index contributed by atoms with van der Waals surface area (Å²) < 4.78 is 30.4. The molecule has 0 saturated carbocycles. The Morgan fingerprint density at radius 2 is 1.38 bits per heavy atom. The quantitative estimate of drug-likeness (QED) is 0.224. The van der Waals surface area contributed by atoms with E-state index in [0.717, 1.165) is 23.3 Å². The van der Waals surface area contributed by atoms with Crippen molar-refractivity contribution < 1.29 is 23.1 Å². The molecule has 34 heavy (non-hydrogen) atoms. The molecule has 0 heterocycles. The summed E-state index contributed by atoms with van der Waals surface area (Å²) in [6.07, 6.45) is 2.49. The van der Waals surface area contributed by atoms with Gasteiger partial charge in [-0.05, 0) is 80.6 Å². The van der Waals surface area contributed by atoms with E-state index in [1.165, 1.54) is 5.56 Å². The Labute approximate surface area is 208 Å². The monoisotopic (exact) mass is 502 g/mol. The predicted octanol–water partition coefficient (Wildman–Crippen LogP) is 7.35. The Morgan fingerprint density at radius 1 is 0.824 bits per heavy atom. The molecule has 0 aliphatic rings. The molecule has 7 heteroatoms. The molecule has 5 nitrogen and oxygen atoms in total. The first-order chi connectivity index (χ1) is 15.8. The third-order valence-corrected chi connectivity index (χ3v) is 7.10. The number of allylic oxidation sites excluding steroid dienone is 1. The number of hydrogen-bond donors (Lipinski definition) is 0. The third-order valence-electron chi connectivity index (χ3n) is 5.32. The summed E-state index contributed by atoms with van der Waals surface area (Å²) in [5, 5.41) is 0. The van der Waals surface area contributed by atoms with Gasteiger partial charge in [-0.25, -0.2) is 0 Å². The molecule has 2 unspecified atom stereocenters. The van der Waals surface area contributed by atoms with Crippen LogP contribution in [0.3, 0.4) is 0 Å². The SMILES string of the molecule is C=CCc1ccc(C(C)C(O[Si](C)(C)C)c2cc(OC)c(O[Si](C)(C)C)c(OC)c2)c(OC)c1. The lowest BCUT2D eigenvalue weighted by atomic mass is 9.89. The lowest BCUT2D eigenvalue weighted by Gasteiger charge is -2.33. The maximum absolute atomic E-state index is 6.78. The summed E-state index contributed by atoms with van der Waals surface area (Å²) in [4.78, 5) is 0. The van der Waals surface area contributed by atoms with Crippen LogP contribution in [0.15, 0.2) is 43.0 Å². The Morgan fingerprint density at radius 3 is 1.82 bits per heavy atom. The zero-order valence-electron chi connectivity index (χ0n) is 22.6. The molecule has 0 bridgehead atoms. The summed E-state index contributed by atoms with van der Waals surface area (Å²) in [5.41, 5.74) is 3.25. The molecule has 0 radical (unpaired) electrons. The van der Waals surface area contributed by atoms with Gasteiger partial charge in [-0.15, -0.1) is 6.58 Å². The maximum atomic E-state index is 6.78. The number of rotatable bonds is 12. The standard InChI is InChI=1S/C27H42O5Si2/c1-12-13-20-14-15-22(23(16-20)28-3)19(2)26(31-33(6,7)8)21-17-24(29-4)27(25(18-21)30-5)32-34(9,10)11/h12,14-19,26H,1,13H2,2-11H3. The van der Waals surface area contributed by atoms with Gasteiger partial charge < -0.3 is 23.1 Å². The highest BCUT2D eigenvalue weighted by Crippen LogP contribution is 2.46. The Kier molecular flexibility index (Phi) is 9.45. The molecule has 0 spiro atoms. The van der Waals surface area contributed by atoms with E-state index in [1.807, 2.05) is 18.2 Å². The molecule has 0 N–H and O–H groups in total. The van der Waals surface area contributed by atoms with Crippen molar-refractivity contribution >= 4 is 16.6 Å². The van der Waals surface area contributed by atoms with Gasteiger partial charge >= 0.3 is 0 Å². The van der Waals surface area contributed by atoms with Crippen molar-refractivity contribution in [1.29, 1.82) is 0 Å². The van der Waals surface area contributed by atoms with E-state index in [9.17, 15) is 0 Å². The minimum absolute atomic E-state index is 0.0256. The van der Waals surface area contributed by atoms with Gasteiger partial charge in [-0.1, -0.05) is 25.1 Å². The summed E-state index contributed by atoms with van der Waals surface area (Å²) in [7, 11) is 1.24. The second-order valence-corrected chi connectivity index (χ2v) is 19.4. The van der Waals surface area contributed by atoms with Crippen molar-refractivity contribution in [2.75, 3.05) is 21.3 Å².